The van der Waals surface area contributed by atoms with E-state index in [-0.39, 0.29) is 16.5 Å². The standard InChI is InChI=1S/C20H14Cl2N2O4/c1-27-20(26)16-10-13(4-8-17(16)22)18-9-7-15(28-18)11-23-24-19(25)12-2-5-14(21)6-3-12/h2-11H,1H3,(H,24,25)/b23-11-. The van der Waals surface area contributed by atoms with E-state index in [1.54, 1.807) is 54.6 Å². The van der Waals surface area contributed by atoms with Gasteiger partial charge in [-0.1, -0.05) is 23.2 Å². The van der Waals surface area contributed by atoms with Gasteiger partial charge in [0.15, 0.2) is 0 Å². The summed E-state index contributed by atoms with van der Waals surface area (Å²) in [4.78, 5) is 23.7. The van der Waals surface area contributed by atoms with Gasteiger partial charge in [-0.3, -0.25) is 4.79 Å². The van der Waals surface area contributed by atoms with Crippen molar-refractivity contribution in [2.24, 2.45) is 5.10 Å². The molecular weight excluding hydrogens is 403 g/mol. The molecule has 0 fully saturated rings. The number of nitrogens with one attached hydrogen (secondary N) is 1. The van der Waals surface area contributed by atoms with Crippen molar-refractivity contribution < 1.29 is 18.7 Å². The van der Waals surface area contributed by atoms with Gasteiger partial charge in [0, 0.05) is 16.1 Å². The molecule has 1 amide bonds. The van der Waals surface area contributed by atoms with Crippen LogP contribution in [0.4, 0.5) is 0 Å². The van der Waals surface area contributed by atoms with E-state index in [4.69, 9.17) is 32.4 Å². The fraction of sp³-hybridized carbons (Fsp3) is 0.0500. The monoisotopic (exact) mass is 416 g/mol. The van der Waals surface area contributed by atoms with Gasteiger partial charge in [0.25, 0.3) is 5.91 Å². The van der Waals surface area contributed by atoms with Crippen molar-refractivity contribution in [3.63, 3.8) is 0 Å². The fourth-order valence-electron chi connectivity index (χ4n) is 2.34. The molecule has 0 atom stereocenters. The molecular formula is C20H14Cl2N2O4. The largest absolute Gasteiger partial charge is 0.465 e. The van der Waals surface area contributed by atoms with Gasteiger partial charge < -0.3 is 9.15 Å². The predicted molar refractivity (Wildman–Crippen MR) is 107 cm³/mol. The lowest BCUT2D eigenvalue weighted by atomic mass is 10.1. The highest BCUT2D eigenvalue weighted by molar-refractivity contribution is 6.33. The first-order chi connectivity index (χ1) is 13.5. The van der Waals surface area contributed by atoms with E-state index < -0.39 is 5.97 Å². The first-order valence-electron chi connectivity index (χ1n) is 8.05. The Bertz CT molecular complexity index is 1040. The van der Waals surface area contributed by atoms with Gasteiger partial charge in [-0.2, -0.15) is 5.10 Å². The highest BCUT2D eigenvalue weighted by atomic mass is 35.5. The molecule has 6 nitrogen and oxygen atoms in total. The number of carbonyl (C=O) groups excluding carboxylic acids is 2. The van der Waals surface area contributed by atoms with Gasteiger partial charge in [0.05, 0.1) is 23.9 Å². The molecule has 0 bridgehead atoms. The molecule has 8 heteroatoms. The summed E-state index contributed by atoms with van der Waals surface area (Å²) in [6.07, 6.45) is 1.37. The molecule has 0 aliphatic rings. The van der Waals surface area contributed by atoms with Crippen LogP contribution in [0.2, 0.25) is 10.0 Å². The van der Waals surface area contributed by atoms with Gasteiger partial charge in [0.2, 0.25) is 0 Å². The summed E-state index contributed by atoms with van der Waals surface area (Å²) in [6.45, 7) is 0. The van der Waals surface area contributed by atoms with Gasteiger partial charge in [0.1, 0.15) is 11.5 Å². The Morgan fingerprint density at radius 3 is 2.54 bits per heavy atom. The van der Waals surface area contributed by atoms with Crippen LogP contribution >= 0.6 is 23.2 Å². The molecule has 0 saturated heterocycles. The van der Waals surface area contributed by atoms with Crippen molar-refractivity contribution in [1.29, 1.82) is 0 Å². The third-order valence-electron chi connectivity index (χ3n) is 3.75. The summed E-state index contributed by atoms with van der Waals surface area (Å²) >= 11 is 11.8. The Labute approximate surface area is 170 Å². The molecule has 0 radical (unpaired) electrons. The number of halogens is 2. The third kappa shape index (κ3) is 4.60. The van der Waals surface area contributed by atoms with Crippen molar-refractivity contribution in [2.45, 2.75) is 0 Å². The summed E-state index contributed by atoms with van der Waals surface area (Å²) in [6, 6.07) is 14.7. The summed E-state index contributed by atoms with van der Waals surface area (Å²) in [5.41, 5.74) is 3.72. The van der Waals surface area contributed by atoms with Gasteiger partial charge >= 0.3 is 5.97 Å². The Hall–Kier alpha value is -3.09. The van der Waals surface area contributed by atoms with Crippen LogP contribution in [0.15, 0.2) is 64.1 Å². The van der Waals surface area contributed by atoms with Gasteiger partial charge in [-0.15, -0.1) is 0 Å². The van der Waals surface area contributed by atoms with E-state index in [1.807, 2.05) is 0 Å². The molecule has 3 rings (SSSR count). The number of rotatable bonds is 5. The normalized spacial score (nSPS) is 10.8. The Morgan fingerprint density at radius 2 is 1.82 bits per heavy atom. The zero-order chi connectivity index (χ0) is 20.1. The molecule has 0 unspecified atom stereocenters. The molecule has 0 aliphatic heterocycles. The average Bonchev–Trinajstić information content (AvgIpc) is 3.17. The lowest BCUT2D eigenvalue weighted by Gasteiger charge is -2.04. The van der Waals surface area contributed by atoms with Crippen LogP contribution < -0.4 is 5.43 Å². The minimum absolute atomic E-state index is 0.239. The van der Waals surface area contributed by atoms with Crippen LogP contribution in [-0.4, -0.2) is 25.2 Å². The summed E-state index contributed by atoms with van der Waals surface area (Å²) in [7, 11) is 1.28. The maximum Gasteiger partial charge on any atom is 0.339 e. The van der Waals surface area contributed by atoms with E-state index in [9.17, 15) is 9.59 Å². The molecule has 28 heavy (non-hydrogen) atoms. The molecule has 0 spiro atoms. The molecule has 0 saturated carbocycles. The minimum Gasteiger partial charge on any atom is -0.465 e. The molecule has 2 aromatic carbocycles. The van der Waals surface area contributed by atoms with Crippen LogP contribution in [0.1, 0.15) is 26.5 Å². The number of ether oxygens (including phenoxy) is 1. The summed E-state index contributed by atoms with van der Waals surface area (Å²) < 4.78 is 10.4. The van der Waals surface area contributed by atoms with E-state index in [2.05, 4.69) is 10.5 Å². The quantitative estimate of drug-likeness (QED) is 0.367. The van der Waals surface area contributed by atoms with Crippen LogP contribution in [0, 0.1) is 0 Å². The van der Waals surface area contributed by atoms with Gasteiger partial charge in [-0.25, -0.2) is 10.2 Å². The molecule has 0 aliphatic carbocycles. The number of methoxy groups -OCH3 is 1. The second-order valence-corrected chi connectivity index (χ2v) is 6.44. The number of hydrogen-bond acceptors (Lipinski definition) is 5. The molecule has 1 N–H and O–H groups in total. The molecule has 1 aromatic heterocycles. The number of benzene rings is 2. The van der Waals surface area contributed by atoms with E-state index in [0.717, 1.165) is 0 Å². The number of esters is 1. The Morgan fingerprint density at radius 1 is 1.07 bits per heavy atom. The molecule has 1 heterocycles. The summed E-state index contributed by atoms with van der Waals surface area (Å²) in [5, 5.41) is 4.70. The number of nitrogens with zero attached hydrogens (tertiary/aromatic N) is 1. The second-order valence-electron chi connectivity index (χ2n) is 5.59. The SMILES string of the molecule is COC(=O)c1cc(-c2ccc(/C=N\NC(=O)c3ccc(Cl)cc3)o2)ccc1Cl. The van der Waals surface area contributed by atoms with Crippen LogP contribution in [0.25, 0.3) is 11.3 Å². The maximum absolute atomic E-state index is 12.0. The lowest BCUT2D eigenvalue weighted by molar-refractivity contribution is 0.0601. The highest BCUT2D eigenvalue weighted by Crippen LogP contribution is 2.27. The van der Waals surface area contributed by atoms with E-state index >= 15 is 0 Å². The van der Waals surface area contributed by atoms with Crippen molar-refractivity contribution >= 4 is 41.3 Å². The van der Waals surface area contributed by atoms with Gasteiger partial charge in [-0.05, 0) is 54.6 Å². The van der Waals surface area contributed by atoms with Crippen LogP contribution in [-0.2, 0) is 4.74 Å². The number of furan rings is 1. The lowest BCUT2D eigenvalue weighted by Crippen LogP contribution is -2.17. The predicted octanol–water partition coefficient (Wildman–Crippen LogP) is 4.80. The Kier molecular flexibility index (Phi) is 6.13. The zero-order valence-corrected chi connectivity index (χ0v) is 16.1. The van der Waals surface area contributed by atoms with Crippen molar-refractivity contribution in [1.82, 2.24) is 5.43 Å². The molecule has 142 valence electrons. The Balaban J connectivity index is 1.70. The van der Waals surface area contributed by atoms with E-state index in [1.165, 1.54) is 13.3 Å². The van der Waals surface area contributed by atoms with Crippen molar-refractivity contribution in [2.75, 3.05) is 7.11 Å². The van der Waals surface area contributed by atoms with Crippen LogP contribution in [0.5, 0.6) is 0 Å². The van der Waals surface area contributed by atoms with Crippen LogP contribution in [0.3, 0.4) is 0 Å². The average molecular weight is 417 g/mol. The van der Waals surface area contributed by atoms with Crippen molar-refractivity contribution in [3.8, 4) is 11.3 Å². The highest BCUT2D eigenvalue weighted by Gasteiger charge is 2.13. The number of carbonyl (C=O) groups is 2. The number of hydrazone groups is 1. The zero-order valence-electron chi connectivity index (χ0n) is 14.6. The third-order valence-corrected chi connectivity index (χ3v) is 4.33. The smallest absolute Gasteiger partial charge is 0.339 e. The second kappa shape index (κ2) is 8.73. The number of hydrogen-bond donors (Lipinski definition) is 1. The maximum atomic E-state index is 12.0. The number of amides is 1. The van der Waals surface area contributed by atoms with E-state index in [0.29, 0.717) is 27.7 Å². The minimum atomic E-state index is -0.537. The summed E-state index contributed by atoms with van der Waals surface area (Å²) in [5.74, 6) is 0.0125. The fourth-order valence-corrected chi connectivity index (χ4v) is 2.66. The first kappa shape index (κ1) is 19.7. The van der Waals surface area contributed by atoms with Crippen molar-refractivity contribution in [3.05, 3.63) is 81.5 Å². The topological polar surface area (TPSA) is 80.9 Å². The molecule has 3 aromatic rings. The first-order valence-corrected chi connectivity index (χ1v) is 8.80.